The van der Waals surface area contributed by atoms with Crippen LogP contribution in [0.3, 0.4) is 0 Å². The highest BCUT2D eigenvalue weighted by Crippen LogP contribution is 2.49. The molecule has 8 heteroatoms. The molecule has 1 aliphatic heterocycles. The molecule has 2 aliphatic rings. The Labute approximate surface area is 149 Å². The molecule has 2 N–H and O–H groups in total. The second-order valence-corrected chi connectivity index (χ2v) is 6.54. The summed E-state index contributed by atoms with van der Waals surface area (Å²) < 4.78 is 15.7. The number of aromatic hydroxyl groups is 1. The van der Waals surface area contributed by atoms with Gasteiger partial charge >= 0.3 is 5.97 Å². The lowest BCUT2D eigenvalue weighted by Gasteiger charge is -2.54. The van der Waals surface area contributed by atoms with Crippen LogP contribution >= 0.6 is 0 Å². The van der Waals surface area contributed by atoms with E-state index in [4.69, 9.17) is 9.47 Å². The molecule has 8 nitrogen and oxygen atoms in total. The minimum Gasteiger partial charge on any atom is -0.507 e. The molecule has 1 heterocycles. The fourth-order valence-corrected chi connectivity index (χ4v) is 3.97. The summed E-state index contributed by atoms with van der Waals surface area (Å²) in [6, 6.07) is 4.09. The van der Waals surface area contributed by atoms with Gasteiger partial charge in [0.25, 0.3) is 0 Å². The topological polar surface area (TPSA) is 119 Å². The number of phenols is 1. The van der Waals surface area contributed by atoms with Crippen LogP contribution in [0.15, 0.2) is 18.2 Å². The second-order valence-electron chi connectivity index (χ2n) is 6.54. The van der Waals surface area contributed by atoms with E-state index < -0.39 is 46.7 Å². The number of aliphatic hydroxyl groups is 1. The van der Waals surface area contributed by atoms with E-state index in [0.29, 0.717) is 0 Å². The summed E-state index contributed by atoms with van der Waals surface area (Å²) in [5.74, 6) is -2.44. The Bertz CT molecular complexity index is 787. The number of ketones is 2. The Kier molecular flexibility index (Phi) is 4.38. The number of ether oxygens (including phenoxy) is 3. The van der Waals surface area contributed by atoms with Crippen LogP contribution in [-0.2, 0) is 19.0 Å². The fraction of sp³-hybridized carbons (Fsp3) is 0.500. The average molecular weight is 364 g/mol. The monoisotopic (exact) mass is 364 g/mol. The molecule has 4 atom stereocenters. The Morgan fingerprint density at radius 1 is 1.31 bits per heavy atom. The normalized spacial score (nSPS) is 33.4. The van der Waals surface area contributed by atoms with Gasteiger partial charge in [0.1, 0.15) is 5.75 Å². The van der Waals surface area contributed by atoms with Gasteiger partial charge in [-0.2, -0.15) is 0 Å². The van der Waals surface area contributed by atoms with Gasteiger partial charge in [-0.15, -0.1) is 0 Å². The quantitative estimate of drug-likeness (QED) is 0.750. The number of rotatable bonds is 3. The summed E-state index contributed by atoms with van der Waals surface area (Å²) in [6.07, 6.45) is -2.31. The van der Waals surface area contributed by atoms with Crippen LogP contribution in [0.2, 0.25) is 0 Å². The highest BCUT2D eigenvalue weighted by atomic mass is 16.6. The Hall–Kier alpha value is -2.29. The van der Waals surface area contributed by atoms with Crippen molar-refractivity contribution in [3.8, 4) is 5.75 Å². The van der Waals surface area contributed by atoms with Crippen LogP contribution in [0.25, 0.3) is 0 Å². The minimum absolute atomic E-state index is 0.0348. The number of carbonyl (C=O) groups is 3. The molecule has 26 heavy (non-hydrogen) atoms. The number of carbonyl (C=O) groups excluding carboxylic acids is 3. The van der Waals surface area contributed by atoms with E-state index in [1.54, 1.807) is 0 Å². The number of fused-ring (bicyclic) bond motifs is 2. The van der Waals surface area contributed by atoms with E-state index in [9.17, 15) is 24.6 Å². The van der Waals surface area contributed by atoms with Gasteiger partial charge in [0.2, 0.25) is 5.78 Å². The van der Waals surface area contributed by atoms with Crippen LogP contribution < -0.4 is 0 Å². The van der Waals surface area contributed by atoms with Crippen molar-refractivity contribution in [1.82, 2.24) is 0 Å². The van der Waals surface area contributed by atoms with Crippen molar-refractivity contribution < 1.29 is 38.8 Å². The van der Waals surface area contributed by atoms with Crippen LogP contribution in [0, 0.1) is 0 Å². The highest BCUT2D eigenvalue weighted by molar-refractivity contribution is 6.23. The summed E-state index contributed by atoms with van der Waals surface area (Å²) >= 11 is 0. The van der Waals surface area contributed by atoms with Gasteiger partial charge in [0.15, 0.2) is 17.0 Å². The minimum atomic E-state index is -2.34. The number of Topliss-reactive ketones (excluding diaryl/α,β-unsaturated/α-hetero) is 2. The summed E-state index contributed by atoms with van der Waals surface area (Å²) in [4.78, 5) is 37.9. The summed E-state index contributed by atoms with van der Waals surface area (Å²) in [5, 5.41) is 21.3. The van der Waals surface area contributed by atoms with Crippen molar-refractivity contribution in [2.45, 2.75) is 43.2 Å². The zero-order valence-electron chi connectivity index (χ0n) is 14.6. The first-order valence-electron chi connectivity index (χ1n) is 8.14. The molecule has 1 aliphatic carbocycles. The molecule has 0 saturated carbocycles. The van der Waals surface area contributed by atoms with Crippen molar-refractivity contribution in [2.24, 2.45) is 0 Å². The maximum Gasteiger partial charge on any atom is 0.308 e. The molecule has 0 radical (unpaired) electrons. The number of benzene rings is 1. The van der Waals surface area contributed by atoms with Gasteiger partial charge in [-0.05, 0) is 13.0 Å². The van der Waals surface area contributed by atoms with Gasteiger partial charge in [-0.25, -0.2) is 0 Å². The van der Waals surface area contributed by atoms with E-state index >= 15 is 0 Å². The van der Waals surface area contributed by atoms with E-state index in [1.165, 1.54) is 39.3 Å². The molecule has 1 fully saturated rings. The molecule has 0 aromatic heterocycles. The summed E-state index contributed by atoms with van der Waals surface area (Å²) in [7, 11) is 2.45. The van der Waals surface area contributed by atoms with E-state index in [0.717, 1.165) is 0 Å². The number of phenolic OH excluding ortho intramolecular Hbond substituents is 1. The third kappa shape index (κ3) is 2.22. The van der Waals surface area contributed by atoms with Crippen molar-refractivity contribution in [1.29, 1.82) is 0 Å². The summed E-state index contributed by atoms with van der Waals surface area (Å²) in [6.45, 7) is 1.42. The van der Waals surface area contributed by atoms with E-state index in [2.05, 4.69) is 4.74 Å². The number of hydrogen-bond donors (Lipinski definition) is 2. The SMILES string of the molecule is COC(=O)C[C@H]1C[C@@]2(OC)C(=O)c3cccc(O)c3C(=O)[C@]2(O)[C@H](C)O1. The highest BCUT2D eigenvalue weighted by Gasteiger charge is 2.70. The van der Waals surface area contributed by atoms with Gasteiger partial charge in [-0.1, -0.05) is 12.1 Å². The summed E-state index contributed by atoms with van der Waals surface area (Å²) in [5.41, 5.74) is -4.56. The van der Waals surface area contributed by atoms with Crippen molar-refractivity contribution in [3.05, 3.63) is 29.3 Å². The molecule has 0 amide bonds. The molecule has 0 unspecified atom stereocenters. The second kappa shape index (κ2) is 6.15. The molecule has 1 aromatic carbocycles. The predicted molar refractivity (Wildman–Crippen MR) is 87.0 cm³/mol. The van der Waals surface area contributed by atoms with Crippen LogP contribution in [-0.4, -0.2) is 65.4 Å². The van der Waals surface area contributed by atoms with Crippen molar-refractivity contribution >= 4 is 17.5 Å². The van der Waals surface area contributed by atoms with Gasteiger partial charge in [0.05, 0.1) is 31.3 Å². The standard InChI is InChI=1S/C18H20O8/c1-9-18(23)16(22)14-11(5-4-6-12(14)19)15(21)17(18,25-3)8-10(26-9)7-13(20)24-2/h4-6,9-10,19,23H,7-8H2,1-3H3/t9-,10-,17+,18+/m0/s1. The third-order valence-corrected chi connectivity index (χ3v) is 5.31. The lowest BCUT2D eigenvalue weighted by molar-refractivity contribution is -0.236. The maximum absolute atomic E-state index is 13.2. The van der Waals surface area contributed by atoms with Crippen LogP contribution in [0.5, 0.6) is 5.75 Å². The molecule has 0 spiro atoms. The first-order valence-corrected chi connectivity index (χ1v) is 8.14. The Balaban J connectivity index is 2.17. The van der Waals surface area contributed by atoms with Gasteiger partial charge in [-0.3, -0.25) is 14.4 Å². The zero-order chi connectivity index (χ0) is 19.3. The number of esters is 1. The van der Waals surface area contributed by atoms with E-state index in [1.807, 2.05) is 0 Å². The molecular weight excluding hydrogens is 344 g/mol. The molecule has 3 rings (SSSR count). The lowest BCUT2D eigenvalue weighted by atomic mass is 9.61. The smallest absolute Gasteiger partial charge is 0.308 e. The van der Waals surface area contributed by atoms with Gasteiger partial charge < -0.3 is 24.4 Å². The first-order chi connectivity index (χ1) is 12.2. The van der Waals surface area contributed by atoms with E-state index in [-0.39, 0.29) is 24.0 Å². The first kappa shape index (κ1) is 18.5. The molecule has 140 valence electrons. The maximum atomic E-state index is 13.2. The third-order valence-electron chi connectivity index (χ3n) is 5.31. The van der Waals surface area contributed by atoms with Crippen LogP contribution in [0.4, 0.5) is 0 Å². The molecule has 0 bridgehead atoms. The van der Waals surface area contributed by atoms with Crippen LogP contribution in [0.1, 0.15) is 40.5 Å². The Morgan fingerprint density at radius 2 is 2.00 bits per heavy atom. The molecular formula is C18H20O8. The number of hydrogen-bond acceptors (Lipinski definition) is 8. The van der Waals surface area contributed by atoms with Gasteiger partial charge in [0, 0.05) is 19.1 Å². The number of methoxy groups -OCH3 is 2. The van der Waals surface area contributed by atoms with Crippen molar-refractivity contribution in [2.75, 3.05) is 14.2 Å². The zero-order valence-corrected chi connectivity index (χ0v) is 14.6. The fourth-order valence-electron chi connectivity index (χ4n) is 3.97. The predicted octanol–water partition coefficient (Wildman–Crippen LogP) is 0.628. The Morgan fingerprint density at radius 3 is 2.62 bits per heavy atom. The lowest BCUT2D eigenvalue weighted by Crippen LogP contribution is -2.75. The average Bonchev–Trinajstić information content (AvgIpc) is 2.62. The van der Waals surface area contributed by atoms with Crippen molar-refractivity contribution in [3.63, 3.8) is 0 Å². The molecule has 1 saturated heterocycles. The molecule has 1 aromatic rings. The largest absolute Gasteiger partial charge is 0.507 e.